The van der Waals surface area contributed by atoms with E-state index < -0.39 is 12.1 Å². The summed E-state index contributed by atoms with van der Waals surface area (Å²) in [6.07, 6.45) is 4.96. The molecule has 2 aromatic carbocycles. The van der Waals surface area contributed by atoms with E-state index in [4.69, 9.17) is 4.74 Å². The van der Waals surface area contributed by atoms with Gasteiger partial charge in [0.1, 0.15) is 0 Å². The number of nitrogens with one attached hydrogen (secondary N) is 1. The molecule has 0 aromatic heterocycles. The van der Waals surface area contributed by atoms with Crippen molar-refractivity contribution in [2.75, 3.05) is 13.2 Å². The van der Waals surface area contributed by atoms with Gasteiger partial charge in [-0.3, -0.25) is 4.79 Å². The largest absolute Gasteiger partial charge is 0.481 e. The highest BCUT2D eigenvalue weighted by Crippen LogP contribution is 2.73. The fourth-order valence-electron chi connectivity index (χ4n) is 8.66. The molecule has 5 nitrogen and oxygen atoms in total. The topological polar surface area (TPSA) is 78.8 Å². The van der Waals surface area contributed by atoms with Gasteiger partial charge in [-0.2, -0.15) is 0 Å². The molecule has 0 aliphatic heterocycles. The molecule has 0 saturated heterocycles. The van der Waals surface area contributed by atoms with Gasteiger partial charge in [0.2, 0.25) is 0 Å². The lowest BCUT2D eigenvalue weighted by Gasteiger charge is -2.31. The van der Waals surface area contributed by atoms with Crippen molar-refractivity contribution < 1.29 is 19.7 Å². The Kier molecular flexibility index (Phi) is 6.90. The van der Waals surface area contributed by atoms with Crippen LogP contribution in [-0.4, -0.2) is 41.0 Å². The second kappa shape index (κ2) is 10.1. The molecule has 38 heavy (non-hydrogen) atoms. The number of β-amino-alcohol motifs (C(OH)–C–C–N with tert-alkyl or cyclic N) is 1. The number of hydrogen-bond acceptors (Lipinski definition) is 4. The first-order chi connectivity index (χ1) is 18.2. The van der Waals surface area contributed by atoms with Crippen LogP contribution in [0.3, 0.4) is 0 Å². The van der Waals surface area contributed by atoms with Crippen molar-refractivity contribution in [1.29, 1.82) is 0 Å². The van der Waals surface area contributed by atoms with E-state index in [1.54, 1.807) is 0 Å². The zero-order chi connectivity index (χ0) is 26.6. The molecule has 2 aromatic rings. The number of fused-ring (bicyclic) bond motifs is 6. The zero-order valence-corrected chi connectivity index (χ0v) is 23.0. The van der Waals surface area contributed by atoms with Crippen molar-refractivity contribution >= 4 is 5.97 Å². The molecule has 8 atom stereocenters. The molecule has 6 rings (SSSR count). The third-order valence-electron chi connectivity index (χ3n) is 10.2. The number of carbonyl (C=O) groups is 1. The van der Waals surface area contributed by atoms with Crippen LogP contribution in [0.25, 0.3) is 0 Å². The molecule has 0 spiro atoms. The van der Waals surface area contributed by atoms with Gasteiger partial charge in [-0.1, -0.05) is 48.5 Å². The van der Waals surface area contributed by atoms with Gasteiger partial charge in [0.25, 0.3) is 0 Å². The van der Waals surface area contributed by atoms with E-state index in [9.17, 15) is 15.0 Å². The van der Waals surface area contributed by atoms with Crippen molar-refractivity contribution in [2.45, 2.75) is 76.5 Å². The number of rotatable bonds is 11. The second-order valence-electron chi connectivity index (χ2n) is 13.3. The van der Waals surface area contributed by atoms with E-state index in [-0.39, 0.29) is 24.2 Å². The normalized spacial score (nSPS) is 31.2. The number of hydrogen-bond donors (Lipinski definition) is 3. The summed E-state index contributed by atoms with van der Waals surface area (Å²) in [5.41, 5.74) is 5.44. The Hall–Kier alpha value is -2.21. The first kappa shape index (κ1) is 26.0. The monoisotopic (exact) mass is 517 g/mol. The third kappa shape index (κ3) is 4.94. The molecule has 0 radical (unpaired) electrons. The van der Waals surface area contributed by atoms with E-state index in [1.165, 1.54) is 28.7 Å². The van der Waals surface area contributed by atoms with Crippen LogP contribution in [0, 0.1) is 35.5 Å². The number of aliphatic carboxylic acids is 1. The van der Waals surface area contributed by atoms with Crippen LogP contribution in [0.5, 0.6) is 0 Å². The Morgan fingerprint density at radius 2 is 1.74 bits per heavy atom. The summed E-state index contributed by atoms with van der Waals surface area (Å²) in [4.78, 5) is 11.7. The Labute approximate surface area is 227 Å². The molecule has 4 aliphatic rings. The van der Waals surface area contributed by atoms with Gasteiger partial charge >= 0.3 is 5.97 Å². The lowest BCUT2D eigenvalue weighted by molar-refractivity contribution is -0.139. The fourth-order valence-corrected chi connectivity index (χ4v) is 8.66. The minimum atomic E-state index is -0.598. The summed E-state index contributed by atoms with van der Waals surface area (Å²) in [6, 6.07) is 17.3. The van der Waals surface area contributed by atoms with Crippen LogP contribution in [0.1, 0.15) is 74.3 Å². The molecule has 204 valence electrons. The van der Waals surface area contributed by atoms with E-state index in [2.05, 4.69) is 74.6 Å². The van der Waals surface area contributed by atoms with Crippen molar-refractivity contribution in [3.63, 3.8) is 0 Å². The van der Waals surface area contributed by atoms with Gasteiger partial charge in [0.05, 0.1) is 24.7 Å². The number of aliphatic hydroxyl groups is 1. The maximum atomic E-state index is 11.7. The minimum absolute atomic E-state index is 0.0534. The maximum Gasteiger partial charge on any atom is 0.307 e. The molecule has 3 fully saturated rings. The van der Waals surface area contributed by atoms with E-state index in [1.807, 2.05) is 0 Å². The highest BCUT2D eigenvalue weighted by Gasteiger charge is 2.70. The van der Waals surface area contributed by atoms with Gasteiger partial charge < -0.3 is 20.3 Å². The molecule has 3 N–H and O–H groups in total. The SMILES string of the molecule is C[C@@H](OC[C@H](O)CNC(C)(C)CC1Cc2ccccc2C1)c1ccccc1C1CC2CC1C1C(C(=O)O)C21. The van der Waals surface area contributed by atoms with Crippen molar-refractivity contribution in [2.24, 2.45) is 35.5 Å². The van der Waals surface area contributed by atoms with E-state index in [0.717, 1.165) is 25.7 Å². The summed E-state index contributed by atoms with van der Waals surface area (Å²) in [7, 11) is 0. The Morgan fingerprint density at radius 3 is 2.45 bits per heavy atom. The number of aliphatic hydroxyl groups excluding tert-OH is 1. The quantitative estimate of drug-likeness (QED) is 0.374. The van der Waals surface area contributed by atoms with Gasteiger partial charge in [-0.15, -0.1) is 0 Å². The number of carboxylic acid groups (broad SMARTS) is 1. The number of benzene rings is 2. The predicted molar refractivity (Wildman–Crippen MR) is 148 cm³/mol. The summed E-state index contributed by atoms with van der Waals surface area (Å²) >= 11 is 0. The average molecular weight is 518 g/mol. The Bertz CT molecular complexity index is 1150. The minimum Gasteiger partial charge on any atom is -0.481 e. The predicted octanol–water partition coefficient (Wildman–Crippen LogP) is 5.37. The van der Waals surface area contributed by atoms with Gasteiger partial charge in [-0.25, -0.2) is 0 Å². The Morgan fingerprint density at radius 1 is 1.05 bits per heavy atom. The van der Waals surface area contributed by atoms with Crippen LogP contribution in [-0.2, 0) is 22.4 Å². The molecule has 6 unspecified atom stereocenters. The lowest BCUT2D eigenvalue weighted by atomic mass is 9.80. The zero-order valence-electron chi connectivity index (χ0n) is 23.0. The molecule has 0 heterocycles. The van der Waals surface area contributed by atoms with Crippen LogP contribution in [0.2, 0.25) is 0 Å². The molecule has 2 bridgehead atoms. The molecule has 3 saturated carbocycles. The standard InChI is InChI=1S/C33H43NO4/c1-19(25-10-6-7-11-26(25)27-14-23-15-28(27)30-29(23)31(30)32(36)37)38-18-24(35)17-34-33(2,3)16-20-12-21-8-4-5-9-22(21)13-20/h4-11,19-20,23-24,27-31,34-35H,12-18H2,1-3H3,(H,36,37)/t19-,23?,24-,27?,28?,29?,30?,31?/m1/s1. The maximum absolute atomic E-state index is 11.7. The van der Waals surface area contributed by atoms with E-state index >= 15 is 0 Å². The van der Waals surface area contributed by atoms with E-state index in [0.29, 0.717) is 42.1 Å². The number of ether oxygens (including phenoxy) is 1. The molecular formula is C33H43NO4. The molecular weight excluding hydrogens is 474 g/mol. The molecule has 4 aliphatic carbocycles. The average Bonchev–Trinajstić information content (AvgIpc) is 3.14. The van der Waals surface area contributed by atoms with Gasteiger partial charge in [-0.05, 0) is 111 Å². The van der Waals surface area contributed by atoms with Crippen molar-refractivity contribution in [1.82, 2.24) is 5.32 Å². The molecule has 5 heteroatoms. The highest BCUT2D eigenvalue weighted by molar-refractivity contribution is 5.75. The second-order valence-corrected chi connectivity index (χ2v) is 13.3. The first-order valence-electron chi connectivity index (χ1n) is 14.6. The lowest BCUT2D eigenvalue weighted by Crippen LogP contribution is -2.45. The summed E-state index contributed by atoms with van der Waals surface area (Å²) < 4.78 is 6.22. The summed E-state index contributed by atoms with van der Waals surface area (Å²) in [5, 5.41) is 23.9. The number of carboxylic acids is 1. The third-order valence-corrected chi connectivity index (χ3v) is 10.2. The van der Waals surface area contributed by atoms with Crippen molar-refractivity contribution in [3.8, 4) is 0 Å². The summed E-state index contributed by atoms with van der Waals surface area (Å²) in [5.74, 6) is 2.21. The van der Waals surface area contributed by atoms with Crippen LogP contribution in [0.4, 0.5) is 0 Å². The van der Waals surface area contributed by atoms with Crippen LogP contribution < -0.4 is 5.32 Å². The smallest absolute Gasteiger partial charge is 0.307 e. The van der Waals surface area contributed by atoms with Gasteiger partial charge in [0, 0.05) is 12.1 Å². The Balaban J connectivity index is 0.998. The summed E-state index contributed by atoms with van der Waals surface area (Å²) in [6.45, 7) is 7.34. The van der Waals surface area contributed by atoms with Crippen molar-refractivity contribution in [3.05, 3.63) is 70.8 Å². The van der Waals surface area contributed by atoms with Gasteiger partial charge in [0.15, 0.2) is 0 Å². The first-order valence-corrected chi connectivity index (χ1v) is 14.6. The molecule has 0 amide bonds. The highest BCUT2D eigenvalue weighted by atomic mass is 16.5. The van der Waals surface area contributed by atoms with Crippen LogP contribution in [0.15, 0.2) is 48.5 Å². The fraction of sp³-hybridized carbons (Fsp3) is 0.606. The van der Waals surface area contributed by atoms with Crippen LogP contribution >= 0.6 is 0 Å².